The lowest BCUT2D eigenvalue weighted by Crippen LogP contribution is -2.45. The minimum atomic E-state index is -0.953. The summed E-state index contributed by atoms with van der Waals surface area (Å²) in [4.78, 5) is 26.7. The van der Waals surface area contributed by atoms with Crippen molar-refractivity contribution in [2.45, 2.75) is 33.2 Å². The number of pyridine rings is 1. The van der Waals surface area contributed by atoms with E-state index in [-0.39, 0.29) is 17.5 Å². The molecule has 1 heterocycles. The van der Waals surface area contributed by atoms with E-state index in [1.165, 1.54) is 12.3 Å². The zero-order valence-corrected chi connectivity index (χ0v) is 11.3. The van der Waals surface area contributed by atoms with E-state index in [4.69, 9.17) is 10.8 Å². The molecule has 6 heteroatoms. The normalized spacial score (nSPS) is 12.8. The molecule has 0 aliphatic carbocycles. The van der Waals surface area contributed by atoms with E-state index in [1.54, 1.807) is 6.07 Å². The molecular weight excluding hydrogens is 246 g/mol. The SMILES string of the molecule is CC(C)(C)C(CC(=O)O)NC(=O)c1ccc(N)cn1. The van der Waals surface area contributed by atoms with Crippen LogP contribution in [-0.4, -0.2) is 28.0 Å². The van der Waals surface area contributed by atoms with Gasteiger partial charge in [-0.05, 0) is 17.5 Å². The number of hydrogen-bond donors (Lipinski definition) is 3. The third-order valence-corrected chi connectivity index (χ3v) is 2.75. The topological polar surface area (TPSA) is 105 Å². The van der Waals surface area contributed by atoms with Crippen molar-refractivity contribution in [3.63, 3.8) is 0 Å². The number of nitrogens with two attached hydrogens (primary N) is 1. The lowest BCUT2D eigenvalue weighted by molar-refractivity contribution is -0.138. The summed E-state index contributed by atoms with van der Waals surface area (Å²) in [6.07, 6.45) is 1.25. The molecule has 0 aromatic carbocycles. The second kappa shape index (κ2) is 5.69. The number of nitrogen functional groups attached to an aromatic ring is 1. The van der Waals surface area contributed by atoms with E-state index in [1.807, 2.05) is 20.8 Å². The van der Waals surface area contributed by atoms with E-state index in [9.17, 15) is 9.59 Å². The molecule has 0 aliphatic heterocycles. The number of aromatic nitrogens is 1. The van der Waals surface area contributed by atoms with Crippen molar-refractivity contribution < 1.29 is 14.7 Å². The number of carbonyl (C=O) groups is 2. The fourth-order valence-corrected chi connectivity index (χ4v) is 1.52. The van der Waals surface area contributed by atoms with Crippen LogP contribution in [0.3, 0.4) is 0 Å². The van der Waals surface area contributed by atoms with Crippen LogP contribution in [0, 0.1) is 5.41 Å². The summed E-state index contributed by atoms with van der Waals surface area (Å²) in [6, 6.07) is 2.60. The molecule has 6 nitrogen and oxygen atoms in total. The molecule has 0 saturated carbocycles. The average molecular weight is 265 g/mol. The molecule has 1 rings (SSSR count). The summed E-state index contributed by atoms with van der Waals surface area (Å²) in [6.45, 7) is 5.62. The van der Waals surface area contributed by atoms with Crippen LogP contribution >= 0.6 is 0 Å². The standard InChI is InChI=1S/C13H19N3O3/c1-13(2,3)10(6-11(17)18)16-12(19)9-5-4-8(14)7-15-9/h4-5,7,10H,6,14H2,1-3H3,(H,16,19)(H,17,18). The van der Waals surface area contributed by atoms with Gasteiger partial charge in [0.15, 0.2) is 0 Å². The van der Waals surface area contributed by atoms with Crippen LogP contribution in [0.4, 0.5) is 5.69 Å². The number of amides is 1. The number of rotatable bonds is 4. The Balaban J connectivity index is 2.81. The molecule has 0 bridgehead atoms. The maximum absolute atomic E-state index is 12.0. The quantitative estimate of drug-likeness (QED) is 0.760. The van der Waals surface area contributed by atoms with Crippen LogP contribution in [0.15, 0.2) is 18.3 Å². The molecule has 0 saturated heterocycles. The minimum absolute atomic E-state index is 0.135. The third kappa shape index (κ3) is 4.57. The predicted molar refractivity (Wildman–Crippen MR) is 71.6 cm³/mol. The molecule has 0 aliphatic rings. The Hall–Kier alpha value is -2.11. The monoisotopic (exact) mass is 265 g/mol. The highest BCUT2D eigenvalue weighted by atomic mass is 16.4. The van der Waals surface area contributed by atoms with E-state index in [0.29, 0.717) is 5.69 Å². The lowest BCUT2D eigenvalue weighted by Gasteiger charge is -2.30. The number of aliphatic carboxylic acids is 1. The first-order valence-electron chi connectivity index (χ1n) is 5.94. The van der Waals surface area contributed by atoms with Crippen LogP contribution in [0.25, 0.3) is 0 Å². The summed E-state index contributed by atoms with van der Waals surface area (Å²) < 4.78 is 0. The molecule has 19 heavy (non-hydrogen) atoms. The number of anilines is 1. The molecule has 104 valence electrons. The van der Waals surface area contributed by atoms with Crippen LogP contribution in [0.1, 0.15) is 37.7 Å². The second-order valence-corrected chi connectivity index (χ2v) is 5.47. The van der Waals surface area contributed by atoms with E-state index in [2.05, 4.69) is 10.3 Å². The van der Waals surface area contributed by atoms with Crippen molar-refractivity contribution >= 4 is 17.6 Å². The van der Waals surface area contributed by atoms with Gasteiger partial charge in [0.05, 0.1) is 18.3 Å². The Kier molecular flexibility index (Phi) is 4.47. The molecule has 4 N–H and O–H groups in total. The molecule has 1 aromatic rings. The van der Waals surface area contributed by atoms with Gasteiger partial charge < -0.3 is 16.2 Å². The van der Waals surface area contributed by atoms with Gasteiger partial charge in [-0.3, -0.25) is 9.59 Å². The Morgan fingerprint density at radius 3 is 2.47 bits per heavy atom. The Labute approximate surface area is 112 Å². The Bertz CT molecular complexity index is 463. The number of hydrogen-bond acceptors (Lipinski definition) is 4. The zero-order chi connectivity index (χ0) is 14.6. The molecule has 1 amide bonds. The van der Waals surface area contributed by atoms with Gasteiger partial charge in [0, 0.05) is 6.04 Å². The molecule has 1 atom stereocenters. The van der Waals surface area contributed by atoms with Crippen LogP contribution in [0.5, 0.6) is 0 Å². The second-order valence-electron chi connectivity index (χ2n) is 5.47. The maximum Gasteiger partial charge on any atom is 0.305 e. The largest absolute Gasteiger partial charge is 0.481 e. The van der Waals surface area contributed by atoms with Crippen molar-refractivity contribution in [2.24, 2.45) is 5.41 Å². The summed E-state index contributed by atoms with van der Waals surface area (Å²) in [7, 11) is 0. The minimum Gasteiger partial charge on any atom is -0.481 e. The highest BCUT2D eigenvalue weighted by Gasteiger charge is 2.28. The number of nitrogens with zero attached hydrogens (tertiary/aromatic N) is 1. The number of carboxylic acid groups (broad SMARTS) is 1. The molecule has 1 unspecified atom stereocenters. The van der Waals surface area contributed by atoms with Gasteiger partial charge in [-0.2, -0.15) is 0 Å². The Morgan fingerprint density at radius 1 is 1.42 bits per heavy atom. The van der Waals surface area contributed by atoms with Gasteiger partial charge in [0.25, 0.3) is 5.91 Å². The first-order chi connectivity index (χ1) is 8.70. The number of carbonyl (C=O) groups excluding carboxylic acids is 1. The molecule has 0 spiro atoms. The van der Waals surface area contributed by atoms with Gasteiger partial charge in [0.2, 0.25) is 0 Å². The summed E-state index contributed by atoms with van der Waals surface area (Å²) >= 11 is 0. The van der Waals surface area contributed by atoms with Gasteiger partial charge in [-0.15, -0.1) is 0 Å². The van der Waals surface area contributed by atoms with Crippen LogP contribution < -0.4 is 11.1 Å². The van der Waals surface area contributed by atoms with Gasteiger partial charge >= 0.3 is 5.97 Å². The fraction of sp³-hybridized carbons (Fsp3) is 0.462. The summed E-state index contributed by atoms with van der Waals surface area (Å²) in [5.74, 6) is -1.35. The summed E-state index contributed by atoms with van der Waals surface area (Å²) in [5, 5.41) is 11.6. The first-order valence-corrected chi connectivity index (χ1v) is 5.94. The van der Waals surface area contributed by atoms with Gasteiger partial charge in [-0.1, -0.05) is 20.8 Å². The van der Waals surface area contributed by atoms with E-state index < -0.39 is 17.9 Å². The van der Waals surface area contributed by atoms with Gasteiger partial charge in [-0.25, -0.2) is 4.98 Å². The van der Waals surface area contributed by atoms with E-state index in [0.717, 1.165) is 0 Å². The Morgan fingerprint density at radius 2 is 2.05 bits per heavy atom. The first kappa shape index (κ1) is 14.9. The van der Waals surface area contributed by atoms with Crippen molar-refractivity contribution in [1.29, 1.82) is 0 Å². The third-order valence-electron chi connectivity index (χ3n) is 2.75. The maximum atomic E-state index is 12.0. The van der Waals surface area contributed by atoms with Gasteiger partial charge in [0.1, 0.15) is 5.69 Å². The molecule has 0 radical (unpaired) electrons. The highest BCUT2D eigenvalue weighted by Crippen LogP contribution is 2.22. The van der Waals surface area contributed by atoms with Crippen LogP contribution in [0.2, 0.25) is 0 Å². The lowest BCUT2D eigenvalue weighted by atomic mass is 9.84. The van der Waals surface area contributed by atoms with Crippen molar-refractivity contribution in [1.82, 2.24) is 10.3 Å². The average Bonchev–Trinajstić information content (AvgIpc) is 2.27. The smallest absolute Gasteiger partial charge is 0.305 e. The number of nitrogens with one attached hydrogen (secondary N) is 1. The number of carboxylic acids is 1. The van der Waals surface area contributed by atoms with E-state index >= 15 is 0 Å². The molecular formula is C13H19N3O3. The van der Waals surface area contributed by atoms with Crippen molar-refractivity contribution in [3.8, 4) is 0 Å². The van der Waals surface area contributed by atoms with Crippen molar-refractivity contribution in [3.05, 3.63) is 24.0 Å². The predicted octanol–water partition coefficient (Wildman–Crippen LogP) is 1.28. The summed E-state index contributed by atoms with van der Waals surface area (Å²) in [5.41, 5.74) is 5.82. The molecule has 0 fully saturated rings. The van der Waals surface area contributed by atoms with Crippen molar-refractivity contribution in [2.75, 3.05) is 5.73 Å². The highest BCUT2D eigenvalue weighted by molar-refractivity contribution is 5.92. The zero-order valence-electron chi connectivity index (χ0n) is 11.3. The van der Waals surface area contributed by atoms with Crippen LogP contribution in [-0.2, 0) is 4.79 Å². The fourth-order valence-electron chi connectivity index (χ4n) is 1.52. The molecule has 1 aromatic heterocycles.